The molecule has 0 fully saturated rings. The minimum Gasteiger partial charge on any atom is -0.481 e. The highest BCUT2D eigenvalue weighted by molar-refractivity contribution is 8.93. The van der Waals surface area contributed by atoms with Crippen molar-refractivity contribution in [2.24, 2.45) is 0 Å². The zero-order valence-electron chi connectivity index (χ0n) is 15.2. The van der Waals surface area contributed by atoms with Crippen LogP contribution in [0.1, 0.15) is 19.3 Å². The highest BCUT2D eigenvalue weighted by Crippen LogP contribution is 2.55. The molecule has 0 aromatic heterocycles. The van der Waals surface area contributed by atoms with Gasteiger partial charge in [0.1, 0.15) is 23.2 Å². The molecule has 0 saturated heterocycles. The predicted molar refractivity (Wildman–Crippen MR) is 122 cm³/mol. The molecular weight excluding hydrogens is 419 g/mol. The van der Waals surface area contributed by atoms with Crippen molar-refractivity contribution in [3.63, 3.8) is 0 Å². The van der Waals surface area contributed by atoms with E-state index in [1.54, 1.807) is 0 Å². The monoisotopic (exact) mass is 443 g/mol. The molecule has 0 unspecified atom stereocenters. The van der Waals surface area contributed by atoms with Gasteiger partial charge in [0.25, 0.3) is 0 Å². The molecule has 0 atom stereocenters. The molecule has 0 aliphatic carbocycles. The fourth-order valence-electron chi connectivity index (χ4n) is 3.51. The molecule has 4 heteroatoms. The molecule has 0 spiro atoms. The van der Waals surface area contributed by atoms with Crippen molar-refractivity contribution in [3.8, 4) is 0 Å². The van der Waals surface area contributed by atoms with Gasteiger partial charge in [0, 0.05) is 6.42 Å². The fraction of sp³-hybridized carbons (Fsp3) is 0.174. The molecule has 3 aromatic rings. The standard InChI is InChI=1S/C23H23O2P.BrH/c24-23(25)18-10-11-19-26(20-12-4-1-5-13-20,21-14-6-2-7-15-21)22-16-8-3-9-17-22;/h1-9,12-17H,10-11,18-19H2;1H/p+1. The lowest BCUT2D eigenvalue weighted by Crippen LogP contribution is -2.33. The Morgan fingerprint density at radius 2 is 1.04 bits per heavy atom. The third-order valence-corrected chi connectivity index (χ3v) is 9.25. The van der Waals surface area contributed by atoms with E-state index in [1.807, 2.05) is 0 Å². The summed E-state index contributed by atoms with van der Waals surface area (Å²) in [6.07, 6.45) is 2.83. The van der Waals surface area contributed by atoms with E-state index in [0.29, 0.717) is 6.42 Å². The number of rotatable bonds is 8. The quantitative estimate of drug-likeness (QED) is 0.400. The number of halogens is 1. The molecule has 3 aromatic carbocycles. The first-order valence-electron chi connectivity index (χ1n) is 9.00. The maximum atomic E-state index is 10.9. The van der Waals surface area contributed by atoms with Crippen molar-refractivity contribution >= 4 is 46.1 Å². The highest BCUT2D eigenvalue weighted by atomic mass is 79.9. The van der Waals surface area contributed by atoms with Crippen LogP contribution in [0.15, 0.2) is 91.0 Å². The van der Waals surface area contributed by atoms with Gasteiger partial charge in [0.2, 0.25) is 0 Å². The van der Waals surface area contributed by atoms with Gasteiger partial charge in [-0.15, -0.1) is 17.0 Å². The van der Waals surface area contributed by atoms with Gasteiger partial charge in [-0.2, -0.15) is 0 Å². The summed E-state index contributed by atoms with van der Waals surface area (Å²) in [6, 6.07) is 32.2. The Balaban J connectivity index is 0.00000261. The second-order valence-electron chi connectivity index (χ2n) is 6.39. The van der Waals surface area contributed by atoms with Crippen LogP contribution in [-0.4, -0.2) is 17.2 Å². The molecule has 27 heavy (non-hydrogen) atoms. The van der Waals surface area contributed by atoms with Crippen LogP contribution in [0.5, 0.6) is 0 Å². The average Bonchev–Trinajstić information content (AvgIpc) is 2.70. The topological polar surface area (TPSA) is 37.3 Å². The van der Waals surface area contributed by atoms with Crippen LogP contribution in [0, 0.1) is 0 Å². The van der Waals surface area contributed by atoms with E-state index < -0.39 is 13.2 Å². The molecule has 3 rings (SSSR count). The maximum absolute atomic E-state index is 10.9. The molecule has 0 aliphatic rings. The molecule has 0 heterocycles. The van der Waals surface area contributed by atoms with E-state index in [0.717, 1.165) is 12.6 Å². The van der Waals surface area contributed by atoms with E-state index in [-0.39, 0.29) is 23.4 Å². The largest absolute Gasteiger partial charge is 0.481 e. The first-order chi connectivity index (χ1) is 12.7. The first-order valence-corrected chi connectivity index (χ1v) is 11.0. The number of unbranched alkanes of at least 4 members (excludes halogenated alkanes) is 1. The number of carboxylic acid groups (broad SMARTS) is 1. The fourth-order valence-corrected chi connectivity index (χ4v) is 7.92. The van der Waals surface area contributed by atoms with E-state index in [9.17, 15) is 4.79 Å². The maximum Gasteiger partial charge on any atom is 0.303 e. The van der Waals surface area contributed by atoms with Crippen LogP contribution in [-0.2, 0) is 4.79 Å². The molecule has 140 valence electrons. The van der Waals surface area contributed by atoms with Gasteiger partial charge in [0.15, 0.2) is 0 Å². The summed E-state index contributed by atoms with van der Waals surface area (Å²) in [7, 11) is -1.81. The van der Waals surface area contributed by atoms with Gasteiger partial charge in [-0.1, -0.05) is 54.6 Å². The van der Waals surface area contributed by atoms with Crippen molar-refractivity contribution in [1.29, 1.82) is 0 Å². The second-order valence-corrected chi connectivity index (χ2v) is 10.0. The van der Waals surface area contributed by atoms with Gasteiger partial charge >= 0.3 is 5.97 Å². The number of carbonyl (C=O) groups is 1. The Morgan fingerprint density at radius 1 is 0.667 bits per heavy atom. The SMILES string of the molecule is Br.O=C(O)CCCC[P+](c1ccccc1)(c1ccccc1)c1ccccc1. The van der Waals surface area contributed by atoms with Gasteiger partial charge in [-0.25, -0.2) is 0 Å². The molecule has 2 nitrogen and oxygen atoms in total. The molecule has 0 bridgehead atoms. The summed E-state index contributed by atoms with van der Waals surface area (Å²) in [4.78, 5) is 10.9. The van der Waals surface area contributed by atoms with Gasteiger partial charge in [-0.3, -0.25) is 4.79 Å². The normalized spacial score (nSPS) is 10.8. The number of hydrogen-bond donors (Lipinski definition) is 1. The Morgan fingerprint density at radius 3 is 1.37 bits per heavy atom. The Labute approximate surface area is 172 Å². The van der Waals surface area contributed by atoms with Crippen molar-refractivity contribution in [3.05, 3.63) is 91.0 Å². The number of hydrogen-bond acceptors (Lipinski definition) is 1. The third-order valence-electron chi connectivity index (χ3n) is 4.73. The van der Waals surface area contributed by atoms with Crippen molar-refractivity contribution < 1.29 is 9.90 Å². The zero-order valence-corrected chi connectivity index (χ0v) is 17.8. The summed E-state index contributed by atoms with van der Waals surface area (Å²) in [6.45, 7) is 0. The Hall–Kier alpha value is -1.96. The van der Waals surface area contributed by atoms with Gasteiger partial charge in [-0.05, 0) is 49.2 Å². The Bertz CT molecular complexity index is 726. The average molecular weight is 444 g/mol. The van der Waals surface area contributed by atoms with Crippen LogP contribution in [0.3, 0.4) is 0 Å². The van der Waals surface area contributed by atoms with Crippen LogP contribution >= 0.6 is 24.2 Å². The van der Waals surface area contributed by atoms with Gasteiger partial charge in [0.05, 0.1) is 6.16 Å². The summed E-state index contributed by atoms with van der Waals surface area (Å²) in [5, 5.41) is 13.1. The predicted octanol–water partition coefficient (Wildman–Crippen LogP) is 4.81. The first kappa shape index (κ1) is 21.3. The summed E-state index contributed by atoms with van der Waals surface area (Å²) in [5.74, 6) is -0.715. The van der Waals surface area contributed by atoms with Crippen molar-refractivity contribution in [2.45, 2.75) is 19.3 Å². The van der Waals surface area contributed by atoms with E-state index >= 15 is 0 Å². The summed E-state index contributed by atoms with van der Waals surface area (Å²) < 4.78 is 0. The lowest BCUT2D eigenvalue weighted by Gasteiger charge is -2.27. The van der Waals surface area contributed by atoms with E-state index in [4.69, 9.17) is 5.11 Å². The summed E-state index contributed by atoms with van der Waals surface area (Å²) in [5.41, 5.74) is 0. The van der Waals surface area contributed by atoms with Gasteiger partial charge < -0.3 is 5.11 Å². The molecular formula is C23H25BrO2P+. The highest BCUT2D eigenvalue weighted by Gasteiger charge is 2.44. The second kappa shape index (κ2) is 10.4. The van der Waals surface area contributed by atoms with Crippen LogP contribution < -0.4 is 15.9 Å². The van der Waals surface area contributed by atoms with Crippen LogP contribution in [0.2, 0.25) is 0 Å². The minimum atomic E-state index is -1.81. The molecule has 0 saturated carbocycles. The smallest absolute Gasteiger partial charge is 0.303 e. The molecule has 0 aliphatic heterocycles. The third kappa shape index (κ3) is 5.06. The number of benzene rings is 3. The molecule has 0 radical (unpaired) electrons. The van der Waals surface area contributed by atoms with Crippen molar-refractivity contribution in [1.82, 2.24) is 0 Å². The zero-order chi connectivity index (χ0) is 18.2. The van der Waals surface area contributed by atoms with E-state index in [2.05, 4.69) is 91.0 Å². The number of aliphatic carboxylic acids is 1. The van der Waals surface area contributed by atoms with Crippen molar-refractivity contribution in [2.75, 3.05) is 6.16 Å². The Kier molecular flexibility index (Phi) is 8.22. The summed E-state index contributed by atoms with van der Waals surface area (Å²) >= 11 is 0. The molecule has 1 N–H and O–H groups in total. The lowest BCUT2D eigenvalue weighted by molar-refractivity contribution is -0.137. The molecule has 0 amide bonds. The minimum absolute atomic E-state index is 0. The lowest BCUT2D eigenvalue weighted by atomic mass is 10.2. The number of carboxylic acids is 1. The van der Waals surface area contributed by atoms with E-state index in [1.165, 1.54) is 15.9 Å². The van der Waals surface area contributed by atoms with Crippen LogP contribution in [0.25, 0.3) is 0 Å². The van der Waals surface area contributed by atoms with Crippen LogP contribution in [0.4, 0.5) is 0 Å².